The van der Waals surface area contributed by atoms with Crippen LogP contribution in [0.4, 0.5) is 0 Å². The Morgan fingerprint density at radius 2 is 1.58 bits per heavy atom. The van der Waals surface area contributed by atoms with E-state index in [1.54, 1.807) is 48.5 Å². The summed E-state index contributed by atoms with van der Waals surface area (Å²) >= 11 is 0. The molecule has 0 amide bonds. The molecule has 3 rings (SSSR count). The number of hydrogen-bond acceptors (Lipinski definition) is 5. The lowest BCUT2D eigenvalue weighted by atomic mass is 10.0. The normalized spacial score (nSPS) is 10.5. The number of para-hydroxylation sites is 2. The number of hydrogen-bond donors (Lipinski definition) is 2. The van der Waals surface area contributed by atoms with Crippen LogP contribution >= 0.6 is 0 Å². The van der Waals surface area contributed by atoms with Crippen LogP contribution in [0.15, 0.2) is 64.2 Å². The van der Waals surface area contributed by atoms with Crippen LogP contribution in [0.25, 0.3) is 11.1 Å². The summed E-state index contributed by atoms with van der Waals surface area (Å²) in [4.78, 5) is 23.4. The molecule has 122 valence electrons. The number of phenols is 1. The van der Waals surface area contributed by atoms with Gasteiger partial charge < -0.3 is 15.1 Å². The van der Waals surface area contributed by atoms with Crippen LogP contribution in [0, 0.1) is 0 Å². The smallest absolute Gasteiger partial charge is 0.366 e. The van der Waals surface area contributed by atoms with Crippen molar-refractivity contribution in [3.8, 4) is 28.5 Å². The van der Waals surface area contributed by atoms with Gasteiger partial charge in [-0.3, -0.25) is 9.36 Å². The molecule has 0 spiro atoms. The lowest BCUT2D eigenvalue weighted by Crippen LogP contribution is -2.37. The van der Waals surface area contributed by atoms with E-state index in [-0.39, 0.29) is 16.4 Å². The maximum Gasteiger partial charge on any atom is 0.366 e. The first-order valence-electron chi connectivity index (χ1n) is 7.06. The van der Waals surface area contributed by atoms with Gasteiger partial charge in [-0.1, -0.05) is 41.1 Å². The van der Waals surface area contributed by atoms with Crippen molar-refractivity contribution in [2.24, 2.45) is 7.05 Å². The number of aromatic hydroxyl groups is 1. The van der Waals surface area contributed by atoms with Crippen LogP contribution in [0.1, 0.15) is 0 Å². The molecule has 2 aromatic carbocycles. The highest BCUT2D eigenvalue weighted by molar-refractivity contribution is 5.75. The molecule has 7 heteroatoms. The summed E-state index contributed by atoms with van der Waals surface area (Å²) in [6.45, 7) is 0. The zero-order chi connectivity index (χ0) is 17.3. The van der Waals surface area contributed by atoms with Gasteiger partial charge in [-0.2, -0.15) is 0 Å². The van der Waals surface area contributed by atoms with Crippen LogP contribution in [0.5, 0.6) is 17.4 Å². The fourth-order valence-electron chi connectivity index (χ4n) is 2.28. The molecular weight excluding hydrogens is 312 g/mol. The number of benzene rings is 2. The summed E-state index contributed by atoms with van der Waals surface area (Å²) in [7, 11) is 1.37. The first-order valence-corrected chi connectivity index (χ1v) is 7.06. The topological polar surface area (TPSA) is 93.7 Å². The van der Waals surface area contributed by atoms with E-state index in [0.29, 0.717) is 16.9 Å². The Bertz CT molecular complexity index is 1020. The molecule has 0 unspecified atom stereocenters. The Kier molecular flexibility index (Phi) is 3.83. The summed E-state index contributed by atoms with van der Waals surface area (Å²) < 4.78 is 6.70. The fraction of sp³-hybridized carbons (Fsp3) is 0.0588. The summed E-state index contributed by atoms with van der Waals surface area (Å²) in [5, 5.41) is 19.4. The van der Waals surface area contributed by atoms with Crippen LogP contribution in [0.3, 0.4) is 0 Å². The van der Waals surface area contributed by atoms with Gasteiger partial charge in [0.25, 0.3) is 5.56 Å². The molecule has 0 aliphatic carbocycles. The van der Waals surface area contributed by atoms with Crippen molar-refractivity contribution in [2.75, 3.05) is 0 Å². The largest absolute Gasteiger partial charge is 0.507 e. The van der Waals surface area contributed by atoms with Gasteiger partial charge in [0.2, 0.25) is 5.88 Å². The molecule has 3 aromatic rings. The minimum atomic E-state index is -0.919. The highest BCUT2D eigenvalue weighted by Crippen LogP contribution is 2.37. The predicted octanol–water partition coefficient (Wildman–Crippen LogP) is 1.95. The lowest BCUT2D eigenvalue weighted by molar-refractivity contribution is 0.153. The lowest BCUT2D eigenvalue weighted by Gasteiger charge is -2.14. The zero-order valence-electron chi connectivity index (χ0n) is 12.7. The molecule has 0 aliphatic heterocycles. The van der Waals surface area contributed by atoms with E-state index in [9.17, 15) is 19.9 Å². The van der Waals surface area contributed by atoms with Crippen molar-refractivity contribution >= 4 is 0 Å². The fourth-order valence-corrected chi connectivity index (χ4v) is 2.28. The van der Waals surface area contributed by atoms with Gasteiger partial charge in [-0.05, 0) is 12.1 Å². The second kappa shape index (κ2) is 5.96. The molecule has 0 bridgehead atoms. The maximum absolute atomic E-state index is 11.8. The van der Waals surface area contributed by atoms with Crippen molar-refractivity contribution in [1.82, 2.24) is 9.30 Å². The number of ether oxygens (including phenoxy) is 1. The van der Waals surface area contributed by atoms with Crippen LogP contribution in [0.2, 0.25) is 0 Å². The second-order valence-corrected chi connectivity index (χ2v) is 5.09. The van der Waals surface area contributed by atoms with Crippen molar-refractivity contribution in [3.05, 3.63) is 75.4 Å². The molecular formula is C17H14N2O5. The molecule has 0 aliphatic rings. The van der Waals surface area contributed by atoms with Crippen LogP contribution in [-0.4, -0.2) is 19.6 Å². The van der Waals surface area contributed by atoms with Gasteiger partial charge in [-0.25, -0.2) is 4.79 Å². The number of nitrogens with zero attached hydrogens (tertiary/aromatic N) is 2. The average Bonchev–Trinajstić information content (AvgIpc) is 2.59. The van der Waals surface area contributed by atoms with E-state index in [1.165, 1.54) is 7.05 Å². The van der Waals surface area contributed by atoms with E-state index in [2.05, 4.69) is 0 Å². The third-order valence-electron chi connectivity index (χ3n) is 3.55. The molecule has 0 saturated heterocycles. The Morgan fingerprint density at radius 3 is 2.29 bits per heavy atom. The monoisotopic (exact) mass is 326 g/mol. The molecule has 2 N–H and O–H groups in total. The molecule has 0 fully saturated rings. The minimum Gasteiger partial charge on any atom is -0.507 e. The molecule has 1 aromatic heterocycles. The summed E-state index contributed by atoms with van der Waals surface area (Å²) in [5.74, 6) is 0.399. The van der Waals surface area contributed by atoms with E-state index < -0.39 is 11.2 Å². The first kappa shape index (κ1) is 15.4. The Labute approximate surface area is 136 Å². The molecule has 24 heavy (non-hydrogen) atoms. The van der Waals surface area contributed by atoms with Gasteiger partial charge in [0.15, 0.2) is 0 Å². The van der Waals surface area contributed by atoms with Gasteiger partial charge in [0.1, 0.15) is 11.5 Å². The minimum absolute atomic E-state index is 0.00177. The first-order chi connectivity index (χ1) is 11.5. The van der Waals surface area contributed by atoms with E-state index in [4.69, 9.17) is 4.74 Å². The Hall–Kier alpha value is -3.48. The van der Waals surface area contributed by atoms with Crippen molar-refractivity contribution in [1.29, 1.82) is 0 Å². The standard InChI is InChI=1S/C17H14N2O5/c1-18-16(10-15(21)19(23)17(18)22)24-14-9-5-3-7-12(14)11-6-2-4-8-13(11)20/h2-10,20,23H,1H3. The molecule has 0 saturated carbocycles. The van der Waals surface area contributed by atoms with Gasteiger partial charge in [0, 0.05) is 18.2 Å². The van der Waals surface area contributed by atoms with Gasteiger partial charge >= 0.3 is 5.69 Å². The predicted molar refractivity (Wildman–Crippen MR) is 86.7 cm³/mol. The number of rotatable bonds is 3. The second-order valence-electron chi connectivity index (χ2n) is 5.09. The van der Waals surface area contributed by atoms with E-state index in [0.717, 1.165) is 10.6 Å². The molecule has 0 radical (unpaired) electrons. The SMILES string of the molecule is Cn1c(Oc2ccccc2-c2ccccc2O)cc(=O)n(O)c1=O. The van der Waals surface area contributed by atoms with Crippen LogP contribution < -0.4 is 16.0 Å². The number of aromatic nitrogens is 2. The van der Waals surface area contributed by atoms with E-state index in [1.807, 2.05) is 0 Å². The quantitative estimate of drug-likeness (QED) is 0.718. The van der Waals surface area contributed by atoms with Crippen molar-refractivity contribution in [2.45, 2.75) is 0 Å². The van der Waals surface area contributed by atoms with Crippen molar-refractivity contribution < 1.29 is 15.1 Å². The third kappa shape index (κ3) is 2.63. The van der Waals surface area contributed by atoms with Gasteiger partial charge in [-0.15, -0.1) is 0 Å². The summed E-state index contributed by atoms with van der Waals surface area (Å²) in [5.41, 5.74) is -0.671. The molecule has 7 nitrogen and oxygen atoms in total. The summed E-state index contributed by atoms with van der Waals surface area (Å²) in [6, 6.07) is 14.7. The van der Waals surface area contributed by atoms with Gasteiger partial charge in [0.05, 0.1) is 6.07 Å². The molecule has 0 atom stereocenters. The number of phenolic OH excluding ortho intramolecular Hbond substituents is 1. The third-order valence-corrected chi connectivity index (χ3v) is 3.55. The molecule has 1 heterocycles. The highest BCUT2D eigenvalue weighted by Gasteiger charge is 2.14. The average molecular weight is 326 g/mol. The van der Waals surface area contributed by atoms with Crippen molar-refractivity contribution in [3.63, 3.8) is 0 Å². The Balaban J connectivity index is 2.12. The Morgan fingerprint density at radius 1 is 0.958 bits per heavy atom. The van der Waals surface area contributed by atoms with E-state index >= 15 is 0 Å². The maximum atomic E-state index is 11.8. The van der Waals surface area contributed by atoms with Crippen LogP contribution in [-0.2, 0) is 7.05 Å². The highest BCUT2D eigenvalue weighted by atomic mass is 16.5. The summed E-state index contributed by atoms with van der Waals surface area (Å²) in [6.07, 6.45) is 0. The zero-order valence-corrected chi connectivity index (χ0v) is 12.7.